The zero-order valence-corrected chi connectivity index (χ0v) is 27.8. The van der Waals surface area contributed by atoms with E-state index in [0.717, 1.165) is 27.1 Å². The Morgan fingerprint density at radius 3 is 1.45 bits per heavy atom. The molecule has 0 N–H and O–H groups in total. The average Bonchev–Trinajstić information content (AvgIpc) is 3.15. The van der Waals surface area contributed by atoms with Crippen LogP contribution < -0.4 is 0 Å². The molecular weight excluding hydrogens is 639 g/mol. The van der Waals surface area contributed by atoms with E-state index in [1.165, 1.54) is 23.9 Å². The average molecular weight is 678 g/mol. The molecule has 9 heteroatoms. The molecule has 0 bridgehead atoms. The van der Waals surface area contributed by atoms with E-state index in [1.54, 1.807) is 12.1 Å². The van der Waals surface area contributed by atoms with Crippen molar-refractivity contribution < 1.29 is 28.6 Å². The van der Waals surface area contributed by atoms with Crippen molar-refractivity contribution in [3.8, 4) is 0 Å². The van der Waals surface area contributed by atoms with Gasteiger partial charge in [-0.3, -0.25) is 10.1 Å². The predicted molar refractivity (Wildman–Crippen MR) is 189 cm³/mol. The van der Waals surface area contributed by atoms with Gasteiger partial charge in [0.1, 0.15) is 29.9 Å². The van der Waals surface area contributed by atoms with Gasteiger partial charge < -0.3 is 23.7 Å². The molecule has 0 saturated carbocycles. The minimum atomic E-state index is -0.574. The maximum atomic E-state index is 11.4. The summed E-state index contributed by atoms with van der Waals surface area (Å²) in [7, 11) is 0. The predicted octanol–water partition coefficient (Wildman–Crippen LogP) is 8.38. The van der Waals surface area contributed by atoms with E-state index in [9.17, 15) is 10.1 Å². The second-order valence-electron chi connectivity index (χ2n) is 11.7. The minimum absolute atomic E-state index is 0.0245. The molecular formula is C40H39NO7S. The number of rotatable bonds is 16. The highest BCUT2D eigenvalue weighted by atomic mass is 32.2. The van der Waals surface area contributed by atoms with E-state index < -0.39 is 34.8 Å². The Balaban J connectivity index is 1.32. The second kappa shape index (κ2) is 17.9. The fraction of sp³-hybridized carbons (Fsp3) is 0.250. The van der Waals surface area contributed by atoms with Crippen molar-refractivity contribution in [3.63, 3.8) is 0 Å². The number of non-ortho nitro benzene ring substituents is 1. The number of hydrogen-bond donors (Lipinski definition) is 0. The highest BCUT2D eigenvalue weighted by Gasteiger charge is 2.49. The topological polar surface area (TPSA) is 89.3 Å². The standard InChI is InChI=1S/C40H39NO7S/c42-41(43)34-21-23-35(24-22-34)49-40-39(47-28-33-19-11-4-12-20-33)38(46-27-32-17-9-3-10-18-32)37(45-26-31-15-7-2-8-16-31)36(48-40)29-44-25-30-13-5-1-6-14-30/h1-24,36-40H,25-29H2/t36-,37-,38+,39-,40-/m1/s1. The lowest BCUT2D eigenvalue weighted by Gasteiger charge is -2.46. The van der Waals surface area contributed by atoms with Crippen molar-refractivity contribution in [2.24, 2.45) is 0 Å². The first-order valence-electron chi connectivity index (χ1n) is 16.3. The van der Waals surface area contributed by atoms with Crippen LogP contribution in [0.15, 0.2) is 150 Å². The summed E-state index contributed by atoms with van der Waals surface area (Å²) in [5.41, 5.74) is 3.59. The van der Waals surface area contributed by atoms with E-state index in [-0.39, 0.29) is 12.3 Å². The summed E-state index contributed by atoms with van der Waals surface area (Å²) in [5.74, 6) is 0. The van der Waals surface area contributed by atoms with Crippen LogP contribution in [0.1, 0.15) is 22.3 Å². The fourth-order valence-electron chi connectivity index (χ4n) is 5.62. The molecule has 0 aromatic heterocycles. The summed E-state index contributed by atoms with van der Waals surface area (Å²) in [6.07, 6.45) is -2.19. The number of nitrogens with zero attached hydrogens (tertiary/aromatic N) is 1. The van der Waals surface area contributed by atoms with Gasteiger partial charge in [-0.05, 0) is 34.4 Å². The summed E-state index contributed by atoms with van der Waals surface area (Å²) in [6.45, 7) is 1.69. The normalized spacial score (nSPS) is 20.5. The smallest absolute Gasteiger partial charge is 0.269 e. The van der Waals surface area contributed by atoms with Crippen molar-refractivity contribution in [1.82, 2.24) is 0 Å². The molecule has 1 fully saturated rings. The Morgan fingerprint density at radius 2 is 0.980 bits per heavy atom. The van der Waals surface area contributed by atoms with Crippen LogP contribution in [-0.2, 0) is 50.1 Å². The Morgan fingerprint density at radius 1 is 0.551 bits per heavy atom. The number of hydrogen-bond acceptors (Lipinski definition) is 8. The fourth-order valence-corrected chi connectivity index (χ4v) is 6.75. The number of benzene rings is 5. The quantitative estimate of drug-likeness (QED) is 0.0760. The van der Waals surface area contributed by atoms with E-state index >= 15 is 0 Å². The first-order chi connectivity index (χ1) is 24.1. The van der Waals surface area contributed by atoms with E-state index in [2.05, 4.69) is 0 Å². The maximum absolute atomic E-state index is 11.4. The maximum Gasteiger partial charge on any atom is 0.269 e. The summed E-state index contributed by atoms with van der Waals surface area (Å²) >= 11 is 1.44. The van der Waals surface area contributed by atoms with Crippen LogP contribution in [-0.4, -0.2) is 41.4 Å². The molecule has 0 unspecified atom stereocenters. The summed E-state index contributed by atoms with van der Waals surface area (Å²) < 4.78 is 33.4. The molecule has 5 atom stereocenters. The zero-order chi connectivity index (χ0) is 33.7. The molecule has 8 nitrogen and oxygen atoms in total. The highest BCUT2D eigenvalue weighted by molar-refractivity contribution is 7.99. The van der Waals surface area contributed by atoms with Crippen LogP contribution in [0.2, 0.25) is 0 Å². The molecule has 1 saturated heterocycles. The van der Waals surface area contributed by atoms with Crippen molar-refractivity contribution in [1.29, 1.82) is 0 Å². The van der Waals surface area contributed by atoms with Gasteiger partial charge in [-0.1, -0.05) is 133 Å². The first kappa shape index (κ1) is 34.5. The Kier molecular flexibility index (Phi) is 12.6. The van der Waals surface area contributed by atoms with Gasteiger partial charge >= 0.3 is 0 Å². The van der Waals surface area contributed by atoms with Crippen LogP contribution in [0.25, 0.3) is 0 Å². The molecule has 0 spiro atoms. The number of nitro benzene ring substituents is 1. The van der Waals surface area contributed by atoms with Crippen molar-refractivity contribution in [2.45, 2.75) is 61.2 Å². The van der Waals surface area contributed by atoms with Crippen LogP contribution in [0.5, 0.6) is 0 Å². The van der Waals surface area contributed by atoms with Crippen LogP contribution >= 0.6 is 11.8 Å². The van der Waals surface area contributed by atoms with Gasteiger partial charge in [0.15, 0.2) is 0 Å². The van der Waals surface area contributed by atoms with Crippen LogP contribution in [0, 0.1) is 10.1 Å². The summed E-state index contributed by atoms with van der Waals surface area (Å²) in [4.78, 5) is 11.8. The molecule has 1 heterocycles. The van der Waals surface area contributed by atoms with Gasteiger partial charge in [0, 0.05) is 17.0 Å². The lowest BCUT2D eigenvalue weighted by molar-refractivity contribution is -0.384. The molecule has 0 aliphatic carbocycles. The minimum Gasteiger partial charge on any atom is -0.374 e. The van der Waals surface area contributed by atoms with Gasteiger partial charge in [-0.2, -0.15) is 0 Å². The second-order valence-corrected chi connectivity index (χ2v) is 12.9. The van der Waals surface area contributed by atoms with Gasteiger partial charge in [0.25, 0.3) is 5.69 Å². The summed E-state index contributed by atoms with van der Waals surface area (Å²) in [6, 6.07) is 46.5. The van der Waals surface area contributed by atoms with Gasteiger partial charge in [-0.15, -0.1) is 0 Å². The van der Waals surface area contributed by atoms with Crippen LogP contribution in [0.4, 0.5) is 5.69 Å². The Labute approximate surface area is 291 Å². The third-order valence-electron chi connectivity index (χ3n) is 8.14. The monoisotopic (exact) mass is 677 g/mol. The van der Waals surface area contributed by atoms with Crippen molar-refractivity contribution in [3.05, 3.63) is 178 Å². The first-order valence-corrected chi connectivity index (χ1v) is 17.2. The summed E-state index contributed by atoms with van der Waals surface area (Å²) in [5, 5.41) is 11.4. The van der Waals surface area contributed by atoms with E-state index in [0.29, 0.717) is 26.4 Å². The molecule has 6 rings (SSSR count). The SMILES string of the molecule is O=[N+]([O-])c1ccc(S[C@H]2O[C@H](COCc3ccccc3)[C@@H](OCc3ccccc3)[C@H](OCc3ccccc3)[C@H]2OCc2ccccc2)cc1. The van der Waals surface area contributed by atoms with Crippen molar-refractivity contribution in [2.75, 3.05) is 6.61 Å². The lowest BCUT2D eigenvalue weighted by atomic mass is 9.98. The van der Waals surface area contributed by atoms with Gasteiger partial charge in [0.05, 0.1) is 38.0 Å². The molecule has 49 heavy (non-hydrogen) atoms. The third kappa shape index (κ3) is 10.1. The lowest BCUT2D eigenvalue weighted by Crippen LogP contribution is -2.60. The van der Waals surface area contributed by atoms with Gasteiger partial charge in [0.2, 0.25) is 0 Å². The van der Waals surface area contributed by atoms with Crippen LogP contribution in [0.3, 0.4) is 0 Å². The Hall–Kier alpha value is -4.35. The molecule has 5 aromatic rings. The molecule has 0 radical (unpaired) electrons. The van der Waals surface area contributed by atoms with E-state index in [1.807, 2.05) is 121 Å². The largest absolute Gasteiger partial charge is 0.374 e. The van der Waals surface area contributed by atoms with Gasteiger partial charge in [-0.25, -0.2) is 0 Å². The molecule has 0 amide bonds. The molecule has 1 aliphatic rings. The number of nitro groups is 1. The Bertz CT molecular complexity index is 1700. The zero-order valence-electron chi connectivity index (χ0n) is 27.0. The molecule has 5 aromatic carbocycles. The third-order valence-corrected chi connectivity index (χ3v) is 9.30. The highest BCUT2D eigenvalue weighted by Crippen LogP contribution is 2.39. The molecule has 252 valence electrons. The number of ether oxygens (including phenoxy) is 5. The van der Waals surface area contributed by atoms with E-state index in [4.69, 9.17) is 23.7 Å². The number of thioether (sulfide) groups is 1. The molecule has 1 aliphatic heterocycles. The van der Waals surface area contributed by atoms with Crippen molar-refractivity contribution >= 4 is 17.4 Å².